The molecule has 0 bridgehead atoms. The van der Waals surface area contributed by atoms with Gasteiger partial charge in [0.15, 0.2) is 0 Å². The normalized spacial score (nSPS) is 21.6. The van der Waals surface area contributed by atoms with Crippen molar-refractivity contribution in [2.24, 2.45) is 5.92 Å². The van der Waals surface area contributed by atoms with E-state index in [-0.39, 0.29) is 18.7 Å². The van der Waals surface area contributed by atoms with E-state index in [0.717, 1.165) is 0 Å². The van der Waals surface area contributed by atoms with Gasteiger partial charge in [-0.05, 0) is 37.6 Å². The first-order chi connectivity index (χ1) is 8.86. The summed E-state index contributed by atoms with van der Waals surface area (Å²) in [6.45, 7) is 0.882. The summed E-state index contributed by atoms with van der Waals surface area (Å²) in [6, 6.07) is 4.60. The lowest BCUT2D eigenvalue weighted by Crippen LogP contribution is -2.41. The van der Waals surface area contributed by atoms with E-state index in [0.29, 0.717) is 30.1 Å². The van der Waals surface area contributed by atoms with Gasteiger partial charge in [0.2, 0.25) is 0 Å². The molecule has 1 unspecified atom stereocenters. The van der Waals surface area contributed by atoms with Crippen LogP contribution in [0.25, 0.3) is 0 Å². The van der Waals surface area contributed by atoms with Gasteiger partial charge in [0.05, 0.1) is 5.92 Å². The molecule has 1 fully saturated rings. The second kappa shape index (κ2) is 5.59. The third-order valence-electron chi connectivity index (χ3n) is 3.40. The molecular formula is C13H15ClF3NO. The molecule has 1 saturated heterocycles. The number of phenolic OH excluding ortho intramolecular Hbond substituents is 1. The van der Waals surface area contributed by atoms with Gasteiger partial charge in [-0.1, -0.05) is 11.6 Å². The molecule has 0 saturated carbocycles. The van der Waals surface area contributed by atoms with Crippen molar-refractivity contribution in [2.75, 3.05) is 13.1 Å². The summed E-state index contributed by atoms with van der Waals surface area (Å²) >= 11 is 5.83. The molecule has 2 nitrogen and oxygen atoms in total. The largest absolute Gasteiger partial charge is 0.508 e. The Morgan fingerprint density at radius 2 is 2.11 bits per heavy atom. The molecule has 0 amide bonds. The van der Waals surface area contributed by atoms with Crippen molar-refractivity contribution in [1.82, 2.24) is 4.90 Å². The lowest BCUT2D eigenvalue weighted by molar-refractivity contribution is -0.187. The Balaban J connectivity index is 2.05. The molecule has 0 aromatic heterocycles. The van der Waals surface area contributed by atoms with Crippen LogP contribution in [0.15, 0.2) is 18.2 Å². The minimum atomic E-state index is -4.14. The Morgan fingerprint density at radius 3 is 2.79 bits per heavy atom. The van der Waals surface area contributed by atoms with E-state index in [1.54, 1.807) is 17.0 Å². The quantitative estimate of drug-likeness (QED) is 0.896. The molecule has 0 aliphatic carbocycles. The summed E-state index contributed by atoms with van der Waals surface area (Å²) in [7, 11) is 0. The Hall–Kier alpha value is -0.940. The maximum Gasteiger partial charge on any atom is 0.393 e. The molecule has 2 rings (SSSR count). The number of nitrogens with zero attached hydrogens (tertiary/aromatic N) is 1. The highest BCUT2D eigenvalue weighted by atomic mass is 35.5. The Bertz CT molecular complexity index is 450. The minimum absolute atomic E-state index is 0.0184. The van der Waals surface area contributed by atoms with Crippen LogP contribution in [0.1, 0.15) is 18.4 Å². The summed E-state index contributed by atoms with van der Waals surface area (Å²) < 4.78 is 38.1. The van der Waals surface area contributed by atoms with E-state index in [9.17, 15) is 18.3 Å². The number of alkyl halides is 3. The van der Waals surface area contributed by atoms with E-state index < -0.39 is 12.1 Å². The topological polar surface area (TPSA) is 23.5 Å². The molecule has 1 heterocycles. The fraction of sp³-hybridized carbons (Fsp3) is 0.538. The van der Waals surface area contributed by atoms with Crippen molar-refractivity contribution < 1.29 is 18.3 Å². The number of phenols is 1. The smallest absolute Gasteiger partial charge is 0.393 e. The van der Waals surface area contributed by atoms with E-state index in [4.69, 9.17) is 11.6 Å². The molecular weight excluding hydrogens is 279 g/mol. The third kappa shape index (κ3) is 3.76. The van der Waals surface area contributed by atoms with Crippen molar-refractivity contribution in [2.45, 2.75) is 25.6 Å². The van der Waals surface area contributed by atoms with E-state index in [1.165, 1.54) is 6.07 Å². The minimum Gasteiger partial charge on any atom is -0.508 e. The zero-order valence-electron chi connectivity index (χ0n) is 10.3. The van der Waals surface area contributed by atoms with Crippen LogP contribution in [-0.4, -0.2) is 29.3 Å². The summed E-state index contributed by atoms with van der Waals surface area (Å²) in [5.74, 6) is -1.21. The summed E-state index contributed by atoms with van der Waals surface area (Å²) in [5, 5.41) is 10.2. The van der Waals surface area contributed by atoms with Crippen LogP contribution in [0.5, 0.6) is 5.75 Å². The monoisotopic (exact) mass is 293 g/mol. The number of aromatic hydroxyl groups is 1. The predicted octanol–water partition coefficient (Wildman–Crippen LogP) is 3.82. The Labute approximate surface area is 114 Å². The first-order valence-electron chi connectivity index (χ1n) is 6.12. The first-order valence-corrected chi connectivity index (χ1v) is 6.50. The number of rotatable bonds is 2. The van der Waals surface area contributed by atoms with Crippen molar-refractivity contribution in [1.29, 1.82) is 0 Å². The molecule has 0 spiro atoms. The molecule has 1 atom stereocenters. The molecule has 106 valence electrons. The number of likely N-dealkylation sites (tertiary alicyclic amines) is 1. The van der Waals surface area contributed by atoms with Gasteiger partial charge < -0.3 is 5.11 Å². The van der Waals surface area contributed by atoms with Crippen molar-refractivity contribution in [3.8, 4) is 5.75 Å². The van der Waals surface area contributed by atoms with Crippen LogP contribution >= 0.6 is 11.6 Å². The summed E-state index contributed by atoms with van der Waals surface area (Å²) in [6.07, 6.45) is -3.44. The third-order valence-corrected chi connectivity index (χ3v) is 3.64. The van der Waals surface area contributed by atoms with Gasteiger partial charge >= 0.3 is 6.18 Å². The Kier molecular flexibility index (Phi) is 4.26. The SMILES string of the molecule is Oc1ccc(Cl)cc1CN1CCCC(C(F)(F)F)C1. The van der Waals surface area contributed by atoms with Crippen LogP contribution in [0.2, 0.25) is 5.02 Å². The highest BCUT2D eigenvalue weighted by Gasteiger charge is 2.41. The Morgan fingerprint density at radius 1 is 1.37 bits per heavy atom. The van der Waals surface area contributed by atoms with Crippen LogP contribution in [0, 0.1) is 5.92 Å². The zero-order chi connectivity index (χ0) is 14.0. The first kappa shape index (κ1) is 14.5. The predicted molar refractivity (Wildman–Crippen MR) is 67.2 cm³/mol. The molecule has 0 radical (unpaired) electrons. The lowest BCUT2D eigenvalue weighted by Gasteiger charge is -2.33. The summed E-state index contributed by atoms with van der Waals surface area (Å²) in [4.78, 5) is 1.72. The molecule has 19 heavy (non-hydrogen) atoms. The van der Waals surface area contributed by atoms with Crippen LogP contribution in [0.4, 0.5) is 13.2 Å². The molecule has 1 aliphatic rings. The van der Waals surface area contributed by atoms with Crippen molar-refractivity contribution >= 4 is 11.6 Å². The van der Waals surface area contributed by atoms with Crippen molar-refractivity contribution in [3.05, 3.63) is 28.8 Å². The number of hydrogen-bond acceptors (Lipinski definition) is 2. The molecule has 1 aliphatic heterocycles. The van der Waals surface area contributed by atoms with Crippen molar-refractivity contribution in [3.63, 3.8) is 0 Å². The molecule has 1 aromatic rings. The number of halogens is 4. The zero-order valence-corrected chi connectivity index (χ0v) is 11.0. The second-order valence-electron chi connectivity index (χ2n) is 4.89. The van der Waals surface area contributed by atoms with Gasteiger partial charge in [-0.15, -0.1) is 0 Å². The van der Waals surface area contributed by atoms with Gasteiger partial charge in [0.25, 0.3) is 0 Å². The average Bonchev–Trinajstić information content (AvgIpc) is 2.33. The van der Waals surface area contributed by atoms with Crippen LogP contribution in [-0.2, 0) is 6.54 Å². The maximum atomic E-state index is 12.7. The van der Waals surface area contributed by atoms with Gasteiger partial charge in [0.1, 0.15) is 5.75 Å². The van der Waals surface area contributed by atoms with Crippen LogP contribution in [0.3, 0.4) is 0 Å². The lowest BCUT2D eigenvalue weighted by atomic mass is 9.97. The highest BCUT2D eigenvalue weighted by molar-refractivity contribution is 6.30. The fourth-order valence-electron chi connectivity index (χ4n) is 2.39. The van der Waals surface area contributed by atoms with E-state index >= 15 is 0 Å². The maximum absolute atomic E-state index is 12.7. The van der Waals surface area contributed by atoms with Gasteiger partial charge in [0, 0.05) is 23.7 Å². The molecule has 1 aromatic carbocycles. The molecule has 6 heteroatoms. The number of piperidine rings is 1. The average molecular weight is 294 g/mol. The summed E-state index contributed by atoms with van der Waals surface area (Å²) in [5.41, 5.74) is 0.565. The number of hydrogen-bond donors (Lipinski definition) is 1. The van der Waals surface area contributed by atoms with Crippen LogP contribution < -0.4 is 0 Å². The van der Waals surface area contributed by atoms with Gasteiger partial charge in [-0.25, -0.2) is 0 Å². The van der Waals surface area contributed by atoms with Gasteiger partial charge in [-0.3, -0.25) is 4.90 Å². The number of benzene rings is 1. The van der Waals surface area contributed by atoms with Gasteiger partial charge in [-0.2, -0.15) is 13.2 Å². The standard InChI is InChI=1S/C13H15ClF3NO/c14-11-3-4-12(19)9(6-11)7-18-5-1-2-10(8-18)13(15,16)17/h3-4,6,10,19H,1-2,5,7-8H2. The van der Waals surface area contributed by atoms with E-state index in [2.05, 4.69) is 0 Å². The fourth-order valence-corrected chi connectivity index (χ4v) is 2.58. The molecule has 1 N–H and O–H groups in total. The highest BCUT2D eigenvalue weighted by Crippen LogP contribution is 2.34. The second-order valence-corrected chi connectivity index (χ2v) is 5.33. The van der Waals surface area contributed by atoms with E-state index in [1.807, 2.05) is 0 Å².